The largest absolute Gasteiger partial charge is 0.335 e. The molecule has 1 aromatic heterocycles. The van der Waals surface area contributed by atoms with Gasteiger partial charge in [0, 0.05) is 33.8 Å². The fraction of sp³-hybridized carbons (Fsp3) is 0.0769. The van der Waals surface area contributed by atoms with E-state index in [9.17, 15) is 0 Å². The predicted octanol–water partition coefficient (Wildman–Crippen LogP) is 13.8. The summed E-state index contributed by atoms with van der Waals surface area (Å²) in [5, 5.41) is 2.56. The van der Waals surface area contributed by atoms with E-state index < -0.39 is 0 Å². The molecule has 54 heavy (non-hydrogen) atoms. The zero-order valence-corrected chi connectivity index (χ0v) is 30.5. The maximum Gasteiger partial charge on any atom is 0.0541 e. The van der Waals surface area contributed by atoms with E-state index in [1.165, 1.54) is 83.4 Å². The summed E-state index contributed by atoms with van der Waals surface area (Å²) in [5.74, 6) is 0.238. The van der Waals surface area contributed by atoms with Crippen LogP contribution >= 0.6 is 0 Å². The van der Waals surface area contributed by atoms with Crippen LogP contribution in [0.5, 0.6) is 0 Å². The van der Waals surface area contributed by atoms with Crippen molar-refractivity contribution in [2.75, 3.05) is 4.90 Å². The van der Waals surface area contributed by atoms with Gasteiger partial charge in [0.2, 0.25) is 0 Å². The molecule has 0 fully saturated rings. The van der Waals surface area contributed by atoms with Crippen LogP contribution in [0.3, 0.4) is 0 Å². The van der Waals surface area contributed by atoms with Gasteiger partial charge in [-0.1, -0.05) is 158 Å². The Kier molecular flexibility index (Phi) is 7.59. The maximum atomic E-state index is 2.54. The van der Waals surface area contributed by atoms with Crippen molar-refractivity contribution >= 4 is 33.2 Å². The highest BCUT2D eigenvalue weighted by Crippen LogP contribution is 2.54. The highest BCUT2D eigenvalue weighted by molar-refractivity contribution is 6.09. The van der Waals surface area contributed by atoms with Gasteiger partial charge in [0.05, 0.1) is 16.6 Å². The van der Waals surface area contributed by atoms with Crippen LogP contribution in [0.4, 0.5) is 11.4 Å². The van der Waals surface area contributed by atoms with E-state index in [2.05, 4.69) is 224 Å². The number of hydrogen-bond acceptors (Lipinski definition) is 1. The summed E-state index contributed by atoms with van der Waals surface area (Å²) in [5.41, 5.74) is 16.0. The van der Waals surface area contributed by atoms with Crippen molar-refractivity contribution in [2.24, 2.45) is 0 Å². The smallest absolute Gasteiger partial charge is 0.0541 e. The fourth-order valence-corrected chi connectivity index (χ4v) is 8.97. The lowest BCUT2D eigenvalue weighted by Gasteiger charge is -2.38. The predicted molar refractivity (Wildman–Crippen MR) is 228 cm³/mol. The van der Waals surface area contributed by atoms with Crippen LogP contribution in [0.15, 0.2) is 200 Å². The summed E-state index contributed by atoms with van der Waals surface area (Å²) >= 11 is 0. The van der Waals surface area contributed by atoms with Crippen LogP contribution in [-0.2, 0) is 0 Å². The fourth-order valence-electron chi connectivity index (χ4n) is 8.97. The van der Waals surface area contributed by atoms with Gasteiger partial charge in [-0.3, -0.25) is 0 Å². The number of benzene rings is 8. The Bertz CT molecular complexity index is 2700. The monoisotopic (exact) mass is 692 g/mol. The third kappa shape index (κ3) is 5.25. The van der Waals surface area contributed by atoms with Crippen molar-refractivity contribution < 1.29 is 0 Å². The Morgan fingerprint density at radius 2 is 0.778 bits per heavy atom. The SMILES string of the molecule is CC1(C)C(c2ccc(-c3ccccc3)cc2)c2ccccc2N1c1ccc(-c2ccc(-c3ccc(-n4c5ccccc5c5ccccc54)cc3)cc2)cc1. The Hall–Kier alpha value is -6.64. The maximum absolute atomic E-state index is 2.54. The molecule has 9 aromatic rings. The second-order valence-electron chi connectivity index (χ2n) is 15.0. The Morgan fingerprint density at radius 3 is 1.33 bits per heavy atom. The van der Waals surface area contributed by atoms with E-state index in [1.807, 2.05) is 0 Å². The third-order valence-corrected chi connectivity index (χ3v) is 11.5. The minimum atomic E-state index is -0.168. The number of nitrogens with zero attached hydrogens (tertiary/aromatic N) is 2. The second kappa shape index (κ2) is 12.8. The first-order valence-electron chi connectivity index (χ1n) is 18.9. The quantitative estimate of drug-likeness (QED) is 0.168. The molecule has 0 spiro atoms. The van der Waals surface area contributed by atoms with E-state index in [4.69, 9.17) is 0 Å². The summed E-state index contributed by atoms with van der Waals surface area (Å²) in [7, 11) is 0. The van der Waals surface area contributed by atoms with Gasteiger partial charge in [0.1, 0.15) is 0 Å². The zero-order valence-electron chi connectivity index (χ0n) is 30.5. The van der Waals surface area contributed by atoms with Gasteiger partial charge in [-0.15, -0.1) is 0 Å². The molecule has 258 valence electrons. The van der Waals surface area contributed by atoms with Gasteiger partial charge in [-0.2, -0.15) is 0 Å². The first-order valence-corrected chi connectivity index (χ1v) is 18.9. The number of fused-ring (bicyclic) bond motifs is 4. The molecule has 0 aliphatic carbocycles. The number of anilines is 2. The van der Waals surface area contributed by atoms with Gasteiger partial charge in [0.15, 0.2) is 0 Å². The Balaban J connectivity index is 0.905. The molecule has 10 rings (SSSR count). The zero-order chi connectivity index (χ0) is 36.2. The van der Waals surface area contributed by atoms with E-state index in [0.717, 1.165) is 0 Å². The Labute approximate surface area is 317 Å². The minimum Gasteiger partial charge on any atom is -0.335 e. The molecule has 2 nitrogen and oxygen atoms in total. The van der Waals surface area contributed by atoms with Crippen LogP contribution in [0.1, 0.15) is 30.9 Å². The summed E-state index contributed by atoms with van der Waals surface area (Å²) in [4.78, 5) is 2.54. The van der Waals surface area contributed by atoms with Gasteiger partial charge in [-0.05, 0) is 101 Å². The molecular weight excluding hydrogens is 653 g/mol. The van der Waals surface area contributed by atoms with Crippen molar-refractivity contribution in [1.29, 1.82) is 0 Å². The molecule has 1 aliphatic rings. The number of aromatic nitrogens is 1. The average Bonchev–Trinajstić information content (AvgIpc) is 3.69. The average molecular weight is 693 g/mol. The van der Waals surface area contributed by atoms with E-state index in [0.29, 0.717) is 0 Å². The molecule has 0 radical (unpaired) electrons. The molecule has 0 amide bonds. The third-order valence-electron chi connectivity index (χ3n) is 11.5. The van der Waals surface area contributed by atoms with Crippen LogP contribution in [0.2, 0.25) is 0 Å². The summed E-state index contributed by atoms with van der Waals surface area (Å²) in [6.07, 6.45) is 0. The molecule has 0 N–H and O–H groups in total. The standard InChI is InChI=1S/C52H40N2/c1-52(2)51(42-26-24-37(25-27-42)36-12-4-3-5-13-36)47-16-8-11-19-50(47)54(52)44-34-30-41(31-35-44)39-22-20-38(21-23-39)40-28-32-43(33-29-40)53-48-17-9-6-14-45(48)46-15-7-10-18-49(46)53/h3-35,51H,1-2H3. The molecule has 8 aromatic carbocycles. The van der Waals surface area contributed by atoms with E-state index in [-0.39, 0.29) is 11.5 Å². The highest BCUT2D eigenvalue weighted by atomic mass is 15.2. The summed E-state index contributed by atoms with van der Waals surface area (Å²) in [6, 6.07) is 73.1. The number of rotatable bonds is 6. The van der Waals surface area contributed by atoms with E-state index >= 15 is 0 Å². The van der Waals surface area contributed by atoms with Gasteiger partial charge < -0.3 is 9.47 Å². The molecule has 2 heteroatoms. The van der Waals surface area contributed by atoms with Crippen LogP contribution in [0, 0.1) is 0 Å². The molecule has 0 saturated carbocycles. The first-order chi connectivity index (χ1) is 26.5. The lowest BCUT2D eigenvalue weighted by molar-refractivity contribution is 0.478. The first kappa shape index (κ1) is 32.0. The molecule has 1 aliphatic heterocycles. The van der Waals surface area contributed by atoms with Gasteiger partial charge in [0.25, 0.3) is 0 Å². The molecular formula is C52H40N2. The van der Waals surface area contributed by atoms with Crippen molar-refractivity contribution in [2.45, 2.75) is 25.3 Å². The summed E-state index contributed by atoms with van der Waals surface area (Å²) < 4.78 is 2.37. The highest BCUT2D eigenvalue weighted by Gasteiger charge is 2.46. The van der Waals surface area contributed by atoms with Gasteiger partial charge >= 0.3 is 0 Å². The second-order valence-corrected chi connectivity index (χ2v) is 15.0. The van der Waals surface area contributed by atoms with Crippen molar-refractivity contribution in [3.63, 3.8) is 0 Å². The van der Waals surface area contributed by atoms with E-state index in [1.54, 1.807) is 0 Å². The minimum absolute atomic E-state index is 0.168. The van der Waals surface area contributed by atoms with Gasteiger partial charge in [-0.25, -0.2) is 0 Å². The Morgan fingerprint density at radius 1 is 0.370 bits per heavy atom. The molecule has 0 bridgehead atoms. The summed E-state index contributed by atoms with van der Waals surface area (Å²) in [6.45, 7) is 4.76. The normalized spacial score (nSPS) is 14.8. The van der Waals surface area contributed by atoms with Crippen molar-refractivity contribution in [3.05, 3.63) is 211 Å². The molecule has 0 saturated heterocycles. The topological polar surface area (TPSA) is 8.17 Å². The number of hydrogen-bond donors (Lipinski definition) is 0. The van der Waals surface area contributed by atoms with Crippen LogP contribution < -0.4 is 4.90 Å². The van der Waals surface area contributed by atoms with Crippen LogP contribution in [0.25, 0.3) is 60.9 Å². The number of para-hydroxylation sites is 3. The lowest BCUT2D eigenvalue weighted by Crippen LogP contribution is -2.40. The van der Waals surface area contributed by atoms with Crippen molar-refractivity contribution in [3.8, 4) is 39.1 Å². The van der Waals surface area contributed by atoms with Crippen LogP contribution in [-0.4, -0.2) is 10.1 Å². The lowest BCUT2D eigenvalue weighted by atomic mass is 9.79. The molecule has 2 heterocycles. The molecule has 1 atom stereocenters. The van der Waals surface area contributed by atoms with Crippen molar-refractivity contribution in [1.82, 2.24) is 4.57 Å². The molecule has 1 unspecified atom stereocenters.